The molecule has 20 heavy (non-hydrogen) atoms. The van der Waals surface area contributed by atoms with Gasteiger partial charge >= 0.3 is 5.63 Å². The highest BCUT2D eigenvalue weighted by molar-refractivity contribution is 5.68. The van der Waals surface area contributed by atoms with Gasteiger partial charge in [0.1, 0.15) is 11.6 Å². The van der Waals surface area contributed by atoms with Crippen molar-refractivity contribution >= 4 is 0 Å². The topological polar surface area (TPSA) is 30.2 Å². The molecule has 0 unspecified atom stereocenters. The molecule has 0 saturated carbocycles. The lowest BCUT2D eigenvalue weighted by Crippen LogP contribution is -1.98. The van der Waals surface area contributed by atoms with Crippen molar-refractivity contribution < 1.29 is 8.81 Å². The summed E-state index contributed by atoms with van der Waals surface area (Å²) in [5, 5.41) is 0. The third-order valence-corrected chi connectivity index (χ3v) is 3.01. The van der Waals surface area contributed by atoms with E-state index in [1.807, 2.05) is 30.3 Å². The van der Waals surface area contributed by atoms with Crippen molar-refractivity contribution in [3.8, 4) is 22.5 Å². The van der Waals surface area contributed by atoms with Crippen LogP contribution in [0.15, 0.2) is 75.9 Å². The van der Waals surface area contributed by atoms with Crippen LogP contribution in [-0.2, 0) is 0 Å². The summed E-state index contributed by atoms with van der Waals surface area (Å²) in [6.45, 7) is 0. The van der Waals surface area contributed by atoms with Gasteiger partial charge in [-0.05, 0) is 41.5 Å². The molecular formula is C17H11FO2. The molecule has 0 radical (unpaired) electrons. The molecule has 1 aromatic heterocycles. The zero-order valence-electron chi connectivity index (χ0n) is 10.5. The zero-order chi connectivity index (χ0) is 13.9. The molecule has 0 fully saturated rings. The van der Waals surface area contributed by atoms with Crippen LogP contribution in [0, 0.1) is 5.82 Å². The summed E-state index contributed by atoms with van der Waals surface area (Å²) in [4.78, 5) is 11.7. The van der Waals surface area contributed by atoms with Gasteiger partial charge in [-0.2, -0.15) is 0 Å². The average Bonchev–Trinajstić information content (AvgIpc) is 2.48. The lowest BCUT2D eigenvalue weighted by atomic mass is 10.0. The minimum atomic E-state index is -0.425. The third-order valence-electron chi connectivity index (χ3n) is 3.01. The standard InChI is InChI=1S/C17H11FO2/c18-15-8-6-13(7-9-15)16-10-14(11-17(19)20-16)12-4-2-1-3-5-12/h1-11H. The minimum absolute atomic E-state index is 0.324. The Bertz CT molecular complexity index is 774. The second kappa shape index (κ2) is 5.13. The largest absolute Gasteiger partial charge is 0.423 e. The summed E-state index contributed by atoms with van der Waals surface area (Å²) < 4.78 is 18.1. The van der Waals surface area contributed by atoms with Crippen molar-refractivity contribution in [2.75, 3.05) is 0 Å². The number of benzene rings is 2. The number of halogens is 1. The molecule has 3 rings (SSSR count). The highest BCUT2D eigenvalue weighted by atomic mass is 19.1. The van der Waals surface area contributed by atoms with Crippen molar-refractivity contribution in [1.29, 1.82) is 0 Å². The lowest BCUT2D eigenvalue weighted by molar-refractivity contribution is 0.526. The van der Waals surface area contributed by atoms with E-state index in [0.29, 0.717) is 11.3 Å². The molecule has 0 bridgehead atoms. The summed E-state index contributed by atoms with van der Waals surface area (Å²) in [7, 11) is 0. The first-order valence-electron chi connectivity index (χ1n) is 6.19. The molecule has 3 heteroatoms. The van der Waals surface area contributed by atoms with Gasteiger partial charge in [0.25, 0.3) is 0 Å². The van der Waals surface area contributed by atoms with Gasteiger partial charge in [-0.25, -0.2) is 9.18 Å². The van der Waals surface area contributed by atoms with Crippen LogP contribution in [0.3, 0.4) is 0 Å². The third kappa shape index (κ3) is 2.52. The van der Waals surface area contributed by atoms with E-state index in [0.717, 1.165) is 11.1 Å². The lowest BCUT2D eigenvalue weighted by Gasteiger charge is -2.04. The maximum absolute atomic E-state index is 12.9. The van der Waals surface area contributed by atoms with Crippen LogP contribution in [0.25, 0.3) is 22.5 Å². The SMILES string of the molecule is O=c1cc(-c2ccccc2)cc(-c2ccc(F)cc2)o1. The fourth-order valence-electron chi connectivity index (χ4n) is 2.03. The minimum Gasteiger partial charge on any atom is -0.423 e. The average molecular weight is 266 g/mol. The van der Waals surface area contributed by atoms with Crippen molar-refractivity contribution in [2.45, 2.75) is 0 Å². The molecule has 0 aliphatic rings. The Morgan fingerprint density at radius 1 is 0.750 bits per heavy atom. The Kier molecular flexibility index (Phi) is 3.17. The number of rotatable bonds is 2. The summed E-state index contributed by atoms with van der Waals surface area (Å²) in [6, 6.07) is 18.6. The van der Waals surface area contributed by atoms with Crippen LogP contribution >= 0.6 is 0 Å². The maximum atomic E-state index is 12.9. The molecule has 0 atom stereocenters. The Hall–Kier alpha value is -2.68. The van der Waals surface area contributed by atoms with Crippen LogP contribution in [0.1, 0.15) is 0 Å². The number of hydrogen-bond acceptors (Lipinski definition) is 2. The van der Waals surface area contributed by atoms with E-state index >= 15 is 0 Å². The monoisotopic (exact) mass is 266 g/mol. The fourth-order valence-corrected chi connectivity index (χ4v) is 2.03. The van der Waals surface area contributed by atoms with Crippen molar-refractivity contribution in [2.24, 2.45) is 0 Å². The van der Waals surface area contributed by atoms with E-state index in [1.165, 1.54) is 18.2 Å². The van der Waals surface area contributed by atoms with Gasteiger partial charge in [0.05, 0.1) is 0 Å². The normalized spacial score (nSPS) is 10.4. The van der Waals surface area contributed by atoms with Crippen LogP contribution < -0.4 is 5.63 Å². The van der Waals surface area contributed by atoms with Crippen LogP contribution in [0.2, 0.25) is 0 Å². The number of hydrogen-bond donors (Lipinski definition) is 0. The first-order chi connectivity index (χ1) is 9.72. The van der Waals surface area contributed by atoms with Gasteiger partial charge in [-0.1, -0.05) is 30.3 Å². The molecule has 0 aliphatic heterocycles. The van der Waals surface area contributed by atoms with E-state index in [1.54, 1.807) is 18.2 Å². The first-order valence-corrected chi connectivity index (χ1v) is 6.19. The van der Waals surface area contributed by atoms with E-state index in [9.17, 15) is 9.18 Å². The van der Waals surface area contributed by atoms with Gasteiger partial charge in [-0.3, -0.25) is 0 Å². The Labute approximate surface area is 115 Å². The predicted octanol–water partition coefficient (Wildman–Crippen LogP) is 4.11. The van der Waals surface area contributed by atoms with Crippen molar-refractivity contribution in [3.05, 3.63) is 83.0 Å². The van der Waals surface area contributed by atoms with Crippen LogP contribution in [-0.4, -0.2) is 0 Å². The zero-order valence-corrected chi connectivity index (χ0v) is 10.5. The molecule has 2 nitrogen and oxygen atoms in total. The second-order valence-electron chi connectivity index (χ2n) is 4.40. The molecule has 0 saturated heterocycles. The predicted molar refractivity (Wildman–Crippen MR) is 75.8 cm³/mol. The van der Waals surface area contributed by atoms with Crippen LogP contribution in [0.5, 0.6) is 0 Å². The highest BCUT2D eigenvalue weighted by Crippen LogP contribution is 2.24. The highest BCUT2D eigenvalue weighted by Gasteiger charge is 2.06. The van der Waals surface area contributed by atoms with E-state index in [2.05, 4.69) is 0 Å². The maximum Gasteiger partial charge on any atom is 0.336 e. The molecule has 98 valence electrons. The summed E-state index contributed by atoms with van der Waals surface area (Å²) in [5.74, 6) is 0.103. The molecule has 1 heterocycles. The first kappa shape index (κ1) is 12.4. The summed E-state index contributed by atoms with van der Waals surface area (Å²) in [6.07, 6.45) is 0. The fraction of sp³-hybridized carbons (Fsp3) is 0. The van der Waals surface area contributed by atoms with Crippen LogP contribution in [0.4, 0.5) is 4.39 Å². The Balaban J connectivity index is 2.12. The van der Waals surface area contributed by atoms with Gasteiger partial charge in [0.15, 0.2) is 0 Å². The molecule has 0 aliphatic carbocycles. The smallest absolute Gasteiger partial charge is 0.336 e. The van der Waals surface area contributed by atoms with Gasteiger partial charge in [0.2, 0.25) is 0 Å². The molecule has 3 aromatic rings. The van der Waals surface area contributed by atoms with E-state index in [-0.39, 0.29) is 5.82 Å². The summed E-state index contributed by atoms with van der Waals surface area (Å²) >= 11 is 0. The van der Waals surface area contributed by atoms with E-state index in [4.69, 9.17) is 4.42 Å². The molecule has 0 spiro atoms. The Morgan fingerprint density at radius 3 is 2.15 bits per heavy atom. The quantitative estimate of drug-likeness (QED) is 0.698. The van der Waals surface area contributed by atoms with Gasteiger partial charge in [0, 0.05) is 11.6 Å². The molecule has 0 amide bonds. The second-order valence-corrected chi connectivity index (χ2v) is 4.40. The van der Waals surface area contributed by atoms with Crippen molar-refractivity contribution in [3.63, 3.8) is 0 Å². The van der Waals surface area contributed by atoms with Gasteiger partial charge < -0.3 is 4.42 Å². The van der Waals surface area contributed by atoms with E-state index < -0.39 is 5.63 Å². The Morgan fingerprint density at radius 2 is 1.45 bits per heavy atom. The molecule has 2 aromatic carbocycles. The summed E-state index contributed by atoms with van der Waals surface area (Å²) in [5.41, 5.74) is 1.96. The van der Waals surface area contributed by atoms with Crippen molar-refractivity contribution in [1.82, 2.24) is 0 Å². The van der Waals surface area contributed by atoms with Gasteiger partial charge in [-0.15, -0.1) is 0 Å². The molecule has 0 N–H and O–H groups in total. The molecular weight excluding hydrogens is 255 g/mol.